The minimum Gasteiger partial charge on any atom is -0.491 e. The lowest BCUT2D eigenvalue weighted by Gasteiger charge is -2.10. The summed E-state index contributed by atoms with van der Waals surface area (Å²) in [7, 11) is 0. The van der Waals surface area contributed by atoms with E-state index in [1.54, 1.807) is 0 Å². The van der Waals surface area contributed by atoms with Crippen LogP contribution in [0.4, 0.5) is 0 Å². The normalized spacial score (nSPS) is 18.2. The second kappa shape index (κ2) is 7.78. The average Bonchev–Trinajstić information content (AvgIpc) is 2.94. The zero-order chi connectivity index (χ0) is 13.3. The third kappa shape index (κ3) is 4.90. The van der Waals surface area contributed by atoms with Crippen molar-refractivity contribution in [1.82, 2.24) is 0 Å². The summed E-state index contributed by atoms with van der Waals surface area (Å²) in [6, 6.07) is 9.72. The quantitative estimate of drug-likeness (QED) is 0.706. The molecule has 1 unspecified atom stereocenters. The lowest BCUT2D eigenvalue weighted by atomic mass is 10.1. The van der Waals surface area contributed by atoms with Gasteiger partial charge in [-0.15, -0.1) is 0 Å². The van der Waals surface area contributed by atoms with E-state index >= 15 is 0 Å². The van der Waals surface area contributed by atoms with Gasteiger partial charge in [0, 0.05) is 12.5 Å². The van der Waals surface area contributed by atoms with Crippen LogP contribution in [0.25, 0.3) is 0 Å². The Hall–Kier alpha value is -1.57. The highest BCUT2D eigenvalue weighted by molar-refractivity contribution is 5.28. The molecule has 0 amide bonds. The number of nitriles is 1. The van der Waals surface area contributed by atoms with E-state index in [-0.39, 0.29) is 0 Å². The van der Waals surface area contributed by atoms with Crippen LogP contribution in [0.15, 0.2) is 24.3 Å². The van der Waals surface area contributed by atoms with E-state index in [0.717, 1.165) is 37.6 Å². The van der Waals surface area contributed by atoms with Crippen molar-refractivity contribution in [1.29, 1.82) is 5.26 Å². The lowest BCUT2D eigenvalue weighted by Crippen LogP contribution is -2.13. The Morgan fingerprint density at radius 2 is 2.11 bits per heavy atom. The van der Waals surface area contributed by atoms with Crippen molar-refractivity contribution < 1.29 is 14.2 Å². The number of ether oxygens (including phenoxy) is 3. The van der Waals surface area contributed by atoms with Crippen LogP contribution in [0.3, 0.4) is 0 Å². The predicted octanol–water partition coefficient (Wildman–Crippen LogP) is 2.18. The topological polar surface area (TPSA) is 51.5 Å². The first kappa shape index (κ1) is 13.9. The Morgan fingerprint density at radius 1 is 1.26 bits per heavy atom. The first-order chi connectivity index (χ1) is 9.38. The van der Waals surface area contributed by atoms with E-state index in [0.29, 0.717) is 25.6 Å². The number of benzene rings is 1. The zero-order valence-corrected chi connectivity index (χ0v) is 11.0. The molecule has 19 heavy (non-hydrogen) atoms. The van der Waals surface area contributed by atoms with Crippen molar-refractivity contribution in [2.75, 3.05) is 33.0 Å². The maximum absolute atomic E-state index is 8.57. The Bertz CT molecular complexity index is 404. The highest BCUT2D eigenvalue weighted by Gasteiger charge is 2.15. The Labute approximate surface area is 113 Å². The summed E-state index contributed by atoms with van der Waals surface area (Å²) >= 11 is 0. The molecule has 0 aliphatic carbocycles. The van der Waals surface area contributed by atoms with Crippen LogP contribution in [0, 0.1) is 17.2 Å². The van der Waals surface area contributed by atoms with Crippen molar-refractivity contribution in [3.05, 3.63) is 29.8 Å². The van der Waals surface area contributed by atoms with E-state index in [1.807, 2.05) is 24.3 Å². The van der Waals surface area contributed by atoms with E-state index in [4.69, 9.17) is 19.5 Å². The largest absolute Gasteiger partial charge is 0.491 e. The molecule has 1 saturated heterocycles. The monoisotopic (exact) mass is 261 g/mol. The molecule has 0 spiro atoms. The molecular formula is C15H19NO3. The molecule has 2 rings (SSSR count). The first-order valence-electron chi connectivity index (χ1n) is 6.62. The van der Waals surface area contributed by atoms with Gasteiger partial charge in [0.2, 0.25) is 0 Å². The minimum absolute atomic E-state index is 0.437. The molecule has 0 bridgehead atoms. The molecule has 4 nitrogen and oxygen atoms in total. The van der Waals surface area contributed by atoms with Crippen LogP contribution < -0.4 is 4.74 Å². The SMILES string of the molecule is N#CCc1ccc(OCCOCC2CCOC2)cc1. The van der Waals surface area contributed by atoms with Crippen LogP contribution in [0.5, 0.6) is 5.75 Å². The molecule has 1 aliphatic heterocycles. The molecule has 1 aromatic carbocycles. The summed E-state index contributed by atoms with van der Waals surface area (Å²) in [6.07, 6.45) is 1.54. The van der Waals surface area contributed by atoms with Crippen LogP contribution in [-0.2, 0) is 15.9 Å². The van der Waals surface area contributed by atoms with Gasteiger partial charge >= 0.3 is 0 Å². The van der Waals surface area contributed by atoms with Gasteiger partial charge in [0.05, 0.1) is 32.3 Å². The van der Waals surface area contributed by atoms with Crippen molar-refractivity contribution >= 4 is 0 Å². The third-order valence-electron chi connectivity index (χ3n) is 3.08. The summed E-state index contributed by atoms with van der Waals surface area (Å²) in [5.41, 5.74) is 1.01. The van der Waals surface area contributed by atoms with Crippen molar-refractivity contribution in [3.63, 3.8) is 0 Å². The van der Waals surface area contributed by atoms with Gasteiger partial charge in [-0.05, 0) is 24.1 Å². The molecule has 0 radical (unpaired) electrons. The smallest absolute Gasteiger partial charge is 0.119 e. The number of nitrogens with zero attached hydrogens (tertiary/aromatic N) is 1. The molecule has 1 aromatic rings. The van der Waals surface area contributed by atoms with Crippen LogP contribution >= 0.6 is 0 Å². The number of hydrogen-bond acceptors (Lipinski definition) is 4. The molecule has 102 valence electrons. The van der Waals surface area contributed by atoms with Gasteiger partial charge in [-0.25, -0.2) is 0 Å². The number of rotatable bonds is 7. The molecule has 0 saturated carbocycles. The summed E-state index contributed by atoms with van der Waals surface area (Å²) in [5, 5.41) is 8.57. The van der Waals surface area contributed by atoms with Crippen LogP contribution in [-0.4, -0.2) is 33.0 Å². The average molecular weight is 261 g/mol. The molecule has 1 aliphatic rings. The highest BCUT2D eigenvalue weighted by Crippen LogP contribution is 2.13. The van der Waals surface area contributed by atoms with E-state index in [2.05, 4.69) is 6.07 Å². The highest BCUT2D eigenvalue weighted by atomic mass is 16.5. The van der Waals surface area contributed by atoms with Crippen molar-refractivity contribution in [2.45, 2.75) is 12.8 Å². The Morgan fingerprint density at radius 3 is 2.79 bits per heavy atom. The standard InChI is InChI=1S/C15H19NO3/c16-7-5-13-1-3-15(4-2-13)19-10-9-18-12-14-6-8-17-11-14/h1-4,14H,5-6,8-12H2. The molecule has 1 heterocycles. The summed E-state index contributed by atoms with van der Waals surface area (Å²) in [5.74, 6) is 1.36. The van der Waals surface area contributed by atoms with Gasteiger partial charge in [0.25, 0.3) is 0 Å². The third-order valence-corrected chi connectivity index (χ3v) is 3.08. The summed E-state index contributed by atoms with van der Waals surface area (Å²) in [6.45, 7) is 3.58. The van der Waals surface area contributed by atoms with Crippen LogP contribution in [0.1, 0.15) is 12.0 Å². The lowest BCUT2D eigenvalue weighted by molar-refractivity contribution is 0.0684. The minimum atomic E-state index is 0.437. The fourth-order valence-corrected chi connectivity index (χ4v) is 1.98. The van der Waals surface area contributed by atoms with Gasteiger partial charge in [-0.2, -0.15) is 5.26 Å². The Kier molecular flexibility index (Phi) is 5.67. The molecule has 1 fully saturated rings. The molecule has 4 heteroatoms. The second-order valence-electron chi connectivity index (χ2n) is 4.63. The van der Waals surface area contributed by atoms with Crippen molar-refractivity contribution in [3.8, 4) is 11.8 Å². The van der Waals surface area contributed by atoms with Gasteiger partial charge in [-0.1, -0.05) is 12.1 Å². The maximum Gasteiger partial charge on any atom is 0.119 e. The van der Waals surface area contributed by atoms with Crippen molar-refractivity contribution in [2.24, 2.45) is 5.92 Å². The van der Waals surface area contributed by atoms with E-state index < -0.39 is 0 Å². The Balaban J connectivity index is 1.58. The number of hydrogen-bond donors (Lipinski definition) is 0. The molecule has 0 aromatic heterocycles. The maximum atomic E-state index is 8.57. The van der Waals surface area contributed by atoms with Crippen LogP contribution in [0.2, 0.25) is 0 Å². The molecular weight excluding hydrogens is 242 g/mol. The molecule has 0 N–H and O–H groups in total. The first-order valence-corrected chi connectivity index (χ1v) is 6.62. The van der Waals surface area contributed by atoms with Gasteiger partial charge in [-0.3, -0.25) is 0 Å². The van der Waals surface area contributed by atoms with Gasteiger partial charge < -0.3 is 14.2 Å². The fourth-order valence-electron chi connectivity index (χ4n) is 1.98. The summed E-state index contributed by atoms with van der Waals surface area (Å²) in [4.78, 5) is 0. The van der Waals surface area contributed by atoms with E-state index in [1.165, 1.54) is 0 Å². The van der Waals surface area contributed by atoms with Gasteiger partial charge in [0.15, 0.2) is 0 Å². The molecule has 1 atom stereocenters. The second-order valence-corrected chi connectivity index (χ2v) is 4.63. The van der Waals surface area contributed by atoms with E-state index in [9.17, 15) is 0 Å². The van der Waals surface area contributed by atoms with Gasteiger partial charge in [0.1, 0.15) is 12.4 Å². The zero-order valence-electron chi connectivity index (χ0n) is 11.0. The fraction of sp³-hybridized carbons (Fsp3) is 0.533. The predicted molar refractivity (Wildman–Crippen MR) is 71.0 cm³/mol. The summed E-state index contributed by atoms with van der Waals surface area (Å²) < 4.78 is 16.4.